The summed E-state index contributed by atoms with van der Waals surface area (Å²) in [5.74, 6) is -1.08. The van der Waals surface area contributed by atoms with E-state index in [1.54, 1.807) is 42.6 Å². The lowest BCUT2D eigenvalue weighted by Crippen LogP contribution is -2.24. The molecule has 1 atom stereocenters. The van der Waals surface area contributed by atoms with E-state index in [4.69, 9.17) is 4.74 Å². The lowest BCUT2D eigenvalue weighted by atomic mass is 10.1. The number of hydrogen-bond donors (Lipinski definition) is 2. The van der Waals surface area contributed by atoms with E-state index in [9.17, 15) is 14.4 Å². The number of esters is 1. The maximum Gasteiger partial charge on any atom is 0.355 e. The molecule has 0 radical (unpaired) electrons. The van der Waals surface area contributed by atoms with Crippen molar-refractivity contribution in [1.82, 2.24) is 4.98 Å². The molecule has 0 unspecified atom stereocenters. The van der Waals surface area contributed by atoms with Gasteiger partial charge in [0.1, 0.15) is 5.69 Å². The van der Waals surface area contributed by atoms with Crippen LogP contribution in [0.15, 0.2) is 42.6 Å². The van der Waals surface area contributed by atoms with Gasteiger partial charge in [-0.05, 0) is 43.3 Å². The normalized spacial score (nSPS) is 11.5. The first kappa shape index (κ1) is 15.5. The largest absolute Gasteiger partial charge is 0.450 e. The number of rotatable bonds is 5. The second kappa shape index (κ2) is 6.71. The molecule has 1 aromatic heterocycles. The molecule has 0 bridgehead atoms. The van der Waals surface area contributed by atoms with Crippen LogP contribution in [0.5, 0.6) is 0 Å². The van der Waals surface area contributed by atoms with Crippen LogP contribution in [0.4, 0.5) is 5.69 Å². The smallest absolute Gasteiger partial charge is 0.355 e. The number of Topliss-reactive ketones (excluding diaryl/α,β-unsaturated/α-hetero) is 1. The number of amides is 1. The van der Waals surface area contributed by atoms with Crippen LogP contribution in [0.1, 0.15) is 34.7 Å². The maximum absolute atomic E-state index is 12.2. The van der Waals surface area contributed by atoms with Gasteiger partial charge in [-0.15, -0.1) is 0 Å². The third kappa shape index (κ3) is 3.82. The summed E-state index contributed by atoms with van der Waals surface area (Å²) >= 11 is 0. The van der Waals surface area contributed by atoms with Crippen LogP contribution in [0.25, 0.3) is 0 Å². The zero-order valence-corrected chi connectivity index (χ0v) is 12.3. The van der Waals surface area contributed by atoms with Gasteiger partial charge in [-0.1, -0.05) is 0 Å². The summed E-state index contributed by atoms with van der Waals surface area (Å²) < 4.78 is 5.12. The van der Waals surface area contributed by atoms with Gasteiger partial charge >= 0.3 is 5.97 Å². The molecule has 0 aliphatic carbocycles. The van der Waals surface area contributed by atoms with Crippen LogP contribution in [0.3, 0.4) is 0 Å². The number of ketones is 1. The number of hydrogen-bond acceptors (Lipinski definition) is 4. The molecule has 114 valence electrons. The molecule has 0 aliphatic rings. The number of H-pyrrole nitrogens is 1. The van der Waals surface area contributed by atoms with Gasteiger partial charge < -0.3 is 15.0 Å². The Morgan fingerprint density at radius 3 is 2.36 bits per heavy atom. The summed E-state index contributed by atoms with van der Waals surface area (Å²) in [6, 6.07) is 9.63. The van der Waals surface area contributed by atoms with Gasteiger partial charge in [0.15, 0.2) is 6.10 Å². The molecule has 2 aromatic rings. The van der Waals surface area contributed by atoms with E-state index in [1.165, 1.54) is 13.8 Å². The zero-order valence-electron chi connectivity index (χ0n) is 12.3. The van der Waals surface area contributed by atoms with Crippen LogP contribution in [-0.2, 0) is 9.53 Å². The lowest BCUT2D eigenvalue weighted by Gasteiger charge is -2.12. The van der Waals surface area contributed by atoms with Gasteiger partial charge in [-0.25, -0.2) is 4.79 Å². The van der Waals surface area contributed by atoms with Gasteiger partial charge in [0.25, 0.3) is 0 Å². The van der Waals surface area contributed by atoms with Crippen molar-refractivity contribution in [3.05, 3.63) is 53.9 Å². The Bertz CT molecular complexity index is 675. The predicted octanol–water partition coefficient (Wildman–Crippen LogP) is 2.40. The molecule has 1 amide bonds. The van der Waals surface area contributed by atoms with Gasteiger partial charge in [-0.2, -0.15) is 0 Å². The minimum Gasteiger partial charge on any atom is -0.450 e. The standard InChI is InChI=1S/C16H16N2O4/c1-10(22-16(21)14-4-3-9-17-14)15(20)12-5-7-13(8-6-12)18-11(2)19/h3-10,17H,1-2H3,(H,18,19)/t10-/m1/s1. The second-order valence-corrected chi connectivity index (χ2v) is 4.75. The molecular weight excluding hydrogens is 284 g/mol. The average molecular weight is 300 g/mol. The number of anilines is 1. The molecule has 0 fully saturated rings. The maximum atomic E-state index is 12.2. The molecular formula is C16H16N2O4. The first-order chi connectivity index (χ1) is 10.5. The highest BCUT2D eigenvalue weighted by molar-refractivity contribution is 6.01. The number of aromatic nitrogens is 1. The highest BCUT2D eigenvalue weighted by atomic mass is 16.5. The number of nitrogens with one attached hydrogen (secondary N) is 2. The minimum atomic E-state index is -0.901. The predicted molar refractivity (Wildman–Crippen MR) is 80.7 cm³/mol. The van der Waals surface area contributed by atoms with Crippen LogP contribution in [-0.4, -0.2) is 28.7 Å². The lowest BCUT2D eigenvalue weighted by molar-refractivity contribution is -0.114. The Hall–Kier alpha value is -2.89. The average Bonchev–Trinajstić information content (AvgIpc) is 3.01. The van der Waals surface area contributed by atoms with Crippen molar-refractivity contribution < 1.29 is 19.1 Å². The summed E-state index contributed by atoms with van der Waals surface area (Å²) in [5, 5.41) is 2.61. The molecule has 2 N–H and O–H groups in total. The molecule has 0 saturated heterocycles. The summed E-state index contributed by atoms with van der Waals surface area (Å²) in [4.78, 5) is 37.6. The fourth-order valence-corrected chi connectivity index (χ4v) is 1.89. The fraction of sp³-hybridized carbons (Fsp3) is 0.188. The number of aromatic amines is 1. The summed E-state index contributed by atoms with van der Waals surface area (Å²) in [7, 11) is 0. The van der Waals surface area contributed by atoms with E-state index in [1.807, 2.05) is 0 Å². The molecule has 6 heteroatoms. The minimum absolute atomic E-state index is 0.188. The second-order valence-electron chi connectivity index (χ2n) is 4.75. The van der Waals surface area contributed by atoms with E-state index in [2.05, 4.69) is 10.3 Å². The number of carbonyl (C=O) groups excluding carboxylic acids is 3. The van der Waals surface area contributed by atoms with E-state index in [0.29, 0.717) is 16.9 Å². The van der Waals surface area contributed by atoms with Crippen LogP contribution in [0.2, 0.25) is 0 Å². The van der Waals surface area contributed by atoms with Gasteiger partial charge in [0.05, 0.1) is 0 Å². The van der Waals surface area contributed by atoms with E-state index in [-0.39, 0.29) is 11.7 Å². The van der Waals surface area contributed by atoms with E-state index in [0.717, 1.165) is 0 Å². The van der Waals surface area contributed by atoms with Crippen molar-refractivity contribution in [3.63, 3.8) is 0 Å². The van der Waals surface area contributed by atoms with E-state index >= 15 is 0 Å². The molecule has 22 heavy (non-hydrogen) atoms. The Balaban J connectivity index is 2.01. The van der Waals surface area contributed by atoms with Crippen molar-refractivity contribution in [2.45, 2.75) is 20.0 Å². The van der Waals surface area contributed by atoms with Crippen LogP contribution < -0.4 is 5.32 Å². The fourth-order valence-electron chi connectivity index (χ4n) is 1.89. The first-order valence-electron chi connectivity index (χ1n) is 6.73. The van der Waals surface area contributed by atoms with Gasteiger partial charge in [0, 0.05) is 24.4 Å². The van der Waals surface area contributed by atoms with Gasteiger partial charge in [-0.3, -0.25) is 9.59 Å². The Morgan fingerprint density at radius 2 is 1.82 bits per heavy atom. The highest BCUT2D eigenvalue weighted by Gasteiger charge is 2.20. The first-order valence-corrected chi connectivity index (χ1v) is 6.73. The molecule has 0 saturated carbocycles. The number of ether oxygens (including phenoxy) is 1. The molecule has 0 aliphatic heterocycles. The third-order valence-corrected chi connectivity index (χ3v) is 2.96. The van der Waals surface area contributed by atoms with Crippen molar-refractivity contribution >= 4 is 23.3 Å². The molecule has 0 spiro atoms. The summed E-state index contributed by atoms with van der Waals surface area (Å²) in [6.45, 7) is 2.92. The molecule has 1 heterocycles. The molecule has 6 nitrogen and oxygen atoms in total. The van der Waals surface area contributed by atoms with Gasteiger partial charge in [0.2, 0.25) is 11.7 Å². The number of carbonyl (C=O) groups is 3. The Morgan fingerprint density at radius 1 is 1.14 bits per heavy atom. The van der Waals surface area contributed by atoms with Crippen molar-refractivity contribution in [3.8, 4) is 0 Å². The van der Waals surface area contributed by atoms with Crippen LogP contribution >= 0.6 is 0 Å². The Labute approximate surface area is 127 Å². The summed E-state index contributed by atoms with van der Waals surface area (Å²) in [5.41, 5.74) is 1.29. The Kier molecular flexibility index (Phi) is 4.73. The SMILES string of the molecule is CC(=O)Nc1ccc(C(=O)[C@@H](C)OC(=O)c2ccc[nH]2)cc1. The molecule has 2 rings (SSSR count). The topological polar surface area (TPSA) is 88.3 Å². The monoisotopic (exact) mass is 300 g/mol. The van der Waals surface area contributed by atoms with Crippen LogP contribution in [0, 0.1) is 0 Å². The van der Waals surface area contributed by atoms with Crippen molar-refractivity contribution in [1.29, 1.82) is 0 Å². The third-order valence-electron chi connectivity index (χ3n) is 2.96. The quantitative estimate of drug-likeness (QED) is 0.655. The summed E-state index contributed by atoms with van der Waals surface area (Å²) in [6.07, 6.45) is 0.700. The van der Waals surface area contributed by atoms with E-state index < -0.39 is 12.1 Å². The zero-order chi connectivity index (χ0) is 16.1. The van der Waals surface area contributed by atoms with Crippen molar-refractivity contribution in [2.24, 2.45) is 0 Å². The highest BCUT2D eigenvalue weighted by Crippen LogP contribution is 2.13. The van der Waals surface area contributed by atoms with Crippen molar-refractivity contribution in [2.75, 3.05) is 5.32 Å². The molecule has 1 aromatic carbocycles. The number of benzene rings is 1.